The van der Waals surface area contributed by atoms with Crippen molar-refractivity contribution in [1.82, 2.24) is 4.98 Å². The number of anilines is 1. The number of carbonyl (C=O) groups is 2. The number of fused-ring (bicyclic) bond motifs is 1. The van der Waals surface area contributed by atoms with Crippen LogP contribution in [0.3, 0.4) is 0 Å². The van der Waals surface area contributed by atoms with Gasteiger partial charge in [0.05, 0.1) is 6.42 Å². The van der Waals surface area contributed by atoms with Crippen LogP contribution in [0.5, 0.6) is 11.5 Å². The molecule has 0 saturated carbocycles. The maximum atomic E-state index is 12.0. The molecule has 3 aromatic carbocycles. The van der Waals surface area contributed by atoms with Crippen molar-refractivity contribution in [3.63, 3.8) is 0 Å². The van der Waals surface area contributed by atoms with Gasteiger partial charge >= 0.3 is 5.97 Å². The smallest absolute Gasteiger partial charge is 0.306 e. The SMILES string of the molecule is O=C(COC(=O)CCc1nc2ccccc2o1)Nc1ccc(Oc2ccccc2)cc1. The molecule has 0 saturated heterocycles. The van der Waals surface area contributed by atoms with Gasteiger partial charge in [0.1, 0.15) is 17.0 Å². The molecule has 0 bridgehead atoms. The van der Waals surface area contributed by atoms with Crippen molar-refractivity contribution in [3.8, 4) is 11.5 Å². The molecule has 1 N–H and O–H groups in total. The number of hydrogen-bond donors (Lipinski definition) is 1. The molecule has 31 heavy (non-hydrogen) atoms. The van der Waals surface area contributed by atoms with Gasteiger partial charge < -0.3 is 19.2 Å². The van der Waals surface area contributed by atoms with E-state index in [-0.39, 0.29) is 13.0 Å². The van der Waals surface area contributed by atoms with Crippen LogP contribution in [0, 0.1) is 0 Å². The Morgan fingerprint density at radius 3 is 2.35 bits per heavy atom. The van der Waals surface area contributed by atoms with E-state index in [9.17, 15) is 9.59 Å². The molecule has 0 aliphatic heterocycles. The zero-order valence-corrected chi connectivity index (χ0v) is 16.6. The maximum Gasteiger partial charge on any atom is 0.306 e. The summed E-state index contributed by atoms with van der Waals surface area (Å²) in [5.74, 6) is 0.912. The van der Waals surface area contributed by atoms with Gasteiger partial charge in [0.15, 0.2) is 18.1 Å². The second-order valence-electron chi connectivity index (χ2n) is 6.72. The summed E-state index contributed by atoms with van der Waals surface area (Å²) >= 11 is 0. The van der Waals surface area contributed by atoms with Crippen molar-refractivity contribution in [1.29, 1.82) is 0 Å². The van der Waals surface area contributed by atoms with Crippen LogP contribution in [-0.2, 0) is 20.7 Å². The van der Waals surface area contributed by atoms with Crippen LogP contribution in [0.1, 0.15) is 12.3 Å². The number of benzene rings is 3. The number of oxazole rings is 1. The van der Waals surface area contributed by atoms with Crippen LogP contribution in [0.2, 0.25) is 0 Å². The summed E-state index contributed by atoms with van der Waals surface area (Å²) in [5.41, 5.74) is 1.99. The lowest BCUT2D eigenvalue weighted by molar-refractivity contribution is -0.147. The number of aryl methyl sites for hydroxylation is 1. The largest absolute Gasteiger partial charge is 0.457 e. The molecule has 4 aromatic rings. The van der Waals surface area contributed by atoms with Crippen molar-refractivity contribution in [2.75, 3.05) is 11.9 Å². The Kier molecular flexibility index (Phi) is 6.23. The predicted octanol–water partition coefficient (Wildman–Crippen LogP) is 4.73. The third-order valence-electron chi connectivity index (χ3n) is 4.36. The predicted molar refractivity (Wildman–Crippen MR) is 115 cm³/mol. The highest BCUT2D eigenvalue weighted by molar-refractivity contribution is 5.92. The van der Waals surface area contributed by atoms with Gasteiger partial charge in [-0.25, -0.2) is 4.98 Å². The van der Waals surface area contributed by atoms with E-state index in [0.29, 0.717) is 29.3 Å². The monoisotopic (exact) mass is 416 g/mol. The number of aromatic nitrogens is 1. The van der Waals surface area contributed by atoms with E-state index in [2.05, 4.69) is 10.3 Å². The van der Waals surface area contributed by atoms with Gasteiger partial charge in [-0.2, -0.15) is 0 Å². The van der Waals surface area contributed by atoms with E-state index < -0.39 is 11.9 Å². The molecule has 1 amide bonds. The van der Waals surface area contributed by atoms with Gasteiger partial charge in [-0.15, -0.1) is 0 Å². The summed E-state index contributed by atoms with van der Waals surface area (Å²) < 4.78 is 16.3. The van der Waals surface area contributed by atoms with E-state index in [0.717, 1.165) is 11.3 Å². The molecular formula is C24H20N2O5. The first-order valence-electron chi connectivity index (χ1n) is 9.78. The number of nitrogens with zero attached hydrogens (tertiary/aromatic N) is 1. The van der Waals surface area contributed by atoms with Crippen molar-refractivity contribution in [2.24, 2.45) is 0 Å². The Hall–Kier alpha value is -4.13. The molecule has 0 aliphatic carbocycles. The van der Waals surface area contributed by atoms with Gasteiger partial charge in [-0.3, -0.25) is 9.59 Å². The average Bonchev–Trinajstić information content (AvgIpc) is 3.21. The first kappa shape index (κ1) is 20.2. The number of nitrogens with one attached hydrogen (secondary N) is 1. The van der Waals surface area contributed by atoms with E-state index in [4.69, 9.17) is 13.9 Å². The Morgan fingerprint density at radius 1 is 0.871 bits per heavy atom. The molecule has 7 nitrogen and oxygen atoms in total. The van der Waals surface area contributed by atoms with Crippen LogP contribution >= 0.6 is 0 Å². The van der Waals surface area contributed by atoms with Gasteiger partial charge in [0, 0.05) is 12.1 Å². The molecule has 156 valence electrons. The van der Waals surface area contributed by atoms with E-state index in [1.807, 2.05) is 54.6 Å². The summed E-state index contributed by atoms with van der Waals surface area (Å²) in [4.78, 5) is 28.3. The minimum absolute atomic E-state index is 0.0750. The molecule has 0 fully saturated rings. The molecule has 1 aromatic heterocycles. The van der Waals surface area contributed by atoms with Crippen LogP contribution in [0.25, 0.3) is 11.1 Å². The summed E-state index contributed by atoms with van der Waals surface area (Å²) in [5, 5.41) is 2.68. The topological polar surface area (TPSA) is 90.7 Å². The van der Waals surface area contributed by atoms with Crippen LogP contribution < -0.4 is 10.1 Å². The third-order valence-corrected chi connectivity index (χ3v) is 4.36. The Morgan fingerprint density at radius 2 is 1.58 bits per heavy atom. The van der Waals surface area contributed by atoms with Gasteiger partial charge in [-0.1, -0.05) is 30.3 Å². The van der Waals surface area contributed by atoms with Crippen molar-refractivity contribution < 1.29 is 23.5 Å². The third kappa shape index (κ3) is 5.70. The van der Waals surface area contributed by atoms with Crippen LogP contribution in [-0.4, -0.2) is 23.5 Å². The number of ether oxygens (including phenoxy) is 2. The standard InChI is InChI=1S/C24H20N2O5/c27-22(25-17-10-12-19(13-11-17)30-18-6-2-1-3-7-18)16-29-24(28)15-14-23-26-20-8-4-5-9-21(20)31-23/h1-13H,14-16H2,(H,25,27). The van der Waals surface area contributed by atoms with E-state index in [1.54, 1.807) is 24.3 Å². The number of para-hydroxylation sites is 3. The molecular weight excluding hydrogens is 396 g/mol. The molecule has 1 heterocycles. The lowest BCUT2D eigenvalue weighted by Gasteiger charge is -2.08. The molecule has 0 unspecified atom stereocenters. The maximum absolute atomic E-state index is 12.0. The molecule has 7 heteroatoms. The summed E-state index contributed by atoms with van der Waals surface area (Å²) in [6.45, 7) is -0.366. The van der Waals surface area contributed by atoms with E-state index >= 15 is 0 Å². The lowest BCUT2D eigenvalue weighted by atomic mass is 10.3. The highest BCUT2D eigenvalue weighted by atomic mass is 16.5. The minimum Gasteiger partial charge on any atom is -0.457 e. The second-order valence-corrected chi connectivity index (χ2v) is 6.72. The fraction of sp³-hybridized carbons (Fsp3) is 0.125. The first-order valence-corrected chi connectivity index (χ1v) is 9.78. The van der Waals surface area contributed by atoms with Gasteiger partial charge in [-0.05, 0) is 48.5 Å². The van der Waals surface area contributed by atoms with Crippen LogP contribution in [0.15, 0.2) is 83.3 Å². The molecule has 4 rings (SSSR count). The Labute approximate surface area is 178 Å². The highest BCUT2D eigenvalue weighted by Crippen LogP contribution is 2.22. The van der Waals surface area contributed by atoms with Crippen LogP contribution in [0.4, 0.5) is 5.69 Å². The average molecular weight is 416 g/mol. The zero-order valence-electron chi connectivity index (χ0n) is 16.6. The van der Waals surface area contributed by atoms with Gasteiger partial charge in [0.2, 0.25) is 0 Å². The fourth-order valence-corrected chi connectivity index (χ4v) is 2.88. The summed E-state index contributed by atoms with van der Waals surface area (Å²) in [7, 11) is 0. The van der Waals surface area contributed by atoms with E-state index in [1.165, 1.54) is 0 Å². The Balaban J connectivity index is 1.20. The summed E-state index contributed by atoms with van der Waals surface area (Å²) in [6, 6.07) is 23.7. The first-order chi connectivity index (χ1) is 15.2. The number of rotatable bonds is 8. The second kappa shape index (κ2) is 9.58. The normalized spacial score (nSPS) is 10.6. The van der Waals surface area contributed by atoms with Crippen molar-refractivity contribution >= 4 is 28.7 Å². The quantitative estimate of drug-likeness (QED) is 0.418. The summed E-state index contributed by atoms with van der Waals surface area (Å²) in [6.07, 6.45) is 0.379. The molecule has 0 aliphatic rings. The number of esters is 1. The lowest BCUT2D eigenvalue weighted by Crippen LogP contribution is -2.21. The number of carbonyl (C=O) groups excluding carboxylic acids is 2. The number of amides is 1. The molecule has 0 atom stereocenters. The van der Waals surface area contributed by atoms with Crippen molar-refractivity contribution in [3.05, 3.63) is 84.8 Å². The number of hydrogen-bond acceptors (Lipinski definition) is 6. The van der Waals surface area contributed by atoms with Gasteiger partial charge in [0.25, 0.3) is 5.91 Å². The van der Waals surface area contributed by atoms with Crippen molar-refractivity contribution in [2.45, 2.75) is 12.8 Å². The zero-order chi connectivity index (χ0) is 21.5. The highest BCUT2D eigenvalue weighted by Gasteiger charge is 2.11. The fourth-order valence-electron chi connectivity index (χ4n) is 2.88. The Bertz CT molecular complexity index is 1140. The molecule has 0 spiro atoms. The minimum atomic E-state index is -0.496. The molecule has 0 radical (unpaired) electrons.